The lowest BCUT2D eigenvalue weighted by atomic mass is 9.87. The van der Waals surface area contributed by atoms with E-state index in [0.29, 0.717) is 39.2 Å². The molecule has 2 aromatic carbocycles. The summed E-state index contributed by atoms with van der Waals surface area (Å²) in [7, 11) is 1.69. The molecule has 0 bridgehead atoms. The molecule has 202 valence electrons. The number of ether oxygens (including phenoxy) is 1. The molecule has 0 saturated heterocycles. The van der Waals surface area contributed by atoms with Gasteiger partial charge in [-0.1, -0.05) is 70.2 Å². The second-order valence-electron chi connectivity index (χ2n) is 11.0. The zero-order valence-corrected chi connectivity index (χ0v) is 23.3. The number of amides is 1. The second-order valence-corrected chi connectivity index (χ2v) is 11.0. The molecule has 6 heteroatoms. The molecule has 0 aliphatic heterocycles. The number of carbonyl (C=O) groups is 1. The average molecular weight is 508 g/mol. The van der Waals surface area contributed by atoms with Gasteiger partial charge >= 0.3 is 0 Å². The van der Waals surface area contributed by atoms with Gasteiger partial charge in [-0.25, -0.2) is 0 Å². The molecule has 0 spiro atoms. The number of rotatable bonds is 14. The third-order valence-electron chi connectivity index (χ3n) is 6.99. The quantitative estimate of drug-likeness (QED) is 0.296. The van der Waals surface area contributed by atoms with Crippen LogP contribution in [0.25, 0.3) is 10.9 Å². The topological polar surface area (TPSA) is 68.8 Å². The third-order valence-corrected chi connectivity index (χ3v) is 6.99. The van der Waals surface area contributed by atoms with E-state index in [-0.39, 0.29) is 17.9 Å². The molecular weight excluding hydrogens is 462 g/mol. The molecule has 0 aliphatic rings. The number of aliphatic hydroxyl groups is 1. The van der Waals surface area contributed by atoms with Crippen LogP contribution < -0.4 is 0 Å². The number of nitrogens with zero attached hydrogens (tertiary/aromatic N) is 2. The summed E-state index contributed by atoms with van der Waals surface area (Å²) in [6.07, 6.45) is 3.88. The lowest BCUT2D eigenvalue weighted by molar-refractivity contribution is -0.133. The molecule has 1 amide bonds. The summed E-state index contributed by atoms with van der Waals surface area (Å²) in [6.45, 7) is 11.9. The predicted octanol–water partition coefficient (Wildman–Crippen LogP) is 5.15. The molecule has 37 heavy (non-hydrogen) atoms. The van der Waals surface area contributed by atoms with Gasteiger partial charge < -0.3 is 19.7 Å². The van der Waals surface area contributed by atoms with E-state index in [2.05, 4.69) is 79.3 Å². The Morgan fingerprint density at radius 3 is 2.49 bits per heavy atom. The van der Waals surface area contributed by atoms with Gasteiger partial charge in [0.25, 0.3) is 0 Å². The maximum atomic E-state index is 13.7. The summed E-state index contributed by atoms with van der Waals surface area (Å²) < 4.78 is 5.22. The highest BCUT2D eigenvalue weighted by Crippen LogP contribution is 2.23. The van der Waals surface area contributed by atoms with E-state index in [4.69, 9.17) is 4.74 Å². The van der Waals surface area contributed by atoms with Crippen molar-refractivity contribution in [1.82, 2.24) is 14.8 Å². The molecule has 0 radical (unpaired) electrons. The number of hydrogen-bond donors (Lipinski definition) is 2. The van der Waals surface area contributed by atoms with Crippen molar-refractivity contribution < 1.29 is 14.6 Å². The van der Waals surface area contributed by atoms with Crippen molar-refractivity contribution in [3.8, 4) is 0 Å². The second kappa shape index (κ2) is 13.8. The van der Waals surface area contributed by atoms with Gasteiger partial charge in [0.05, 0.1) is 12.6 Å². The molecule has 3 rings (SSSR count). The van der Waals surface area contributed by atoms with Crippen molar-refractivity contribution in [1.29, 1.82) is 0 Å². The Morgan fingerprint density at radius 1 is 1.08 bits per heavy atom. The molecule has 1 aromatic heterocycles. The summed E-state index contributed by atoms with van der Waals surface area (Å²) >= 11 is 0. The van der Waals surface area contributed by atoms with Gasteiger partial charge in [-0.05, 0) is 47.4 Å². The van der Waals surface area contributed by atoms with Gasteiger partial charge in [0, 0.05) is 57.0 Å². The van der Waals surface area contributed by atoms with E-state index >= 15 is 0 Å². The first-order valence-corrected chi connectivity index (χ1v) is 13.5. The smallest absolute Gasteiger partial charge is 0.237 e. The molecule has 1 heterocycles. The van der Waals surface area contributed by atoms with E-state index in [1.165, 1.54) is 16.5 Å². The fourth-order valence-electron chi connectivity index (χ4n) is 4.60. The van der Waals surface area contributed by atoms with Crippen LogP contribution in [0.2, 0.25) is 0 Å². The van der Waals surface area contributed by atoms with Gasteiger partial charge in [-0.3, -0.25) is 9.69 Å². The highest BCUT2D eigenvalue weighted by molar-refractivity contribution is 5.83. The number of hydrogen-bond acceptors (Lipinski definition) is 4. The standard InChI is InChI=1S/C31H45N3O3/c1-6-27(35)22-33(17-9-19-37-5)23-30(36)34(21-24-12-14-26(15-13-24)31(2,3)4)18-16-25-20-32-29-11-8-7-10-28(25)29/h7-8,10-15,20,27,32,35H,6,9,16-19,21-23H2,1-5H3/t27-/m0/s1. The molecule has 0 aliphatic carbocycles. The molecule has 0 fully saturated rings. The normalized spacial score (nSPS) is 12.8. The largest absolute Gasteiger partial charge is 0.392 e. The predicted molar refractivity (Wildman–Crippen MR) is 152 cm³/mol. The van der Waals surface area contributed by atoms with E-state index in [9.17, 15) is 9.90 Å². The van der Waals surface area contributed by atoms with E-state index in [1.807, 2.05) is 17.9 Å². The van der Waals surface area contributed by atoms with Gasteiger partial charge in [0.15, 0.2) is 0 Å². The van der Waals surface area contributed by atoms with Gasteiger partial charge in [0.2, 0.25) is 5.91 Å². The first-order chi connectivity index (χ1) is 17.7. The molecule has 6 nitrogen and oxygen atoms in total. The first kappa shape index (κ1) is 28.9. The number of carbonyl (C=O) groups excluding carboxylic acids is 1. The zero-order valence-electron chi connectivity index (χ0n) is 23.3. The summed E-state index contributed by atoms with van der Waals surface area (Å²) in [4.78, 5) is 21.1. The summed E-state index contributed by atoms with van der Waals surface area (Å²) in [5.41, 5.74) is 4.83. The van der Waals surface area contributed by atoms with Crippen LogP contribution in [-0.2, 0) is 27.9 Å². The lowest BCUT2D eigenvalue weighted by Gasteiger charge is -2.29. The van der Waals surface area contributed by atoms with Crippen LogP contribution >= 0.6 is 0 Å². The number of aromatic amines is 1. The Kier molecular flexibility index (Phi) is 10.7. The van der Waals surface area contributed by atoms with Crippen LogP contribution in [0.3, 0.4) is 0 Å². The Balaban J connectivity index is 1.77. The zero-order chi connectivity index (χ0) is 26.8. The van der Waals surface area contributed by atoms with Crippen LogP contribution in [0, 0.1) is 0 Å². The number of aromatic nitrogens is 1. The first-order valence-electron chi connectivity index (χ1n) is 13.5. The Hall–Kier alpha value is -2.67. The van der Waals surface area contributed by atoms with Crippen LogP contribution in [0.1, 0.15) is 57.2 Å². The maximum absolute atomic E-state index is 13.7. The van der Waals surface area contributed by atoms with E-state index < -0.39 is 6.10 Å². The number of nitrogens with one attached hydrogen (secondary N) is 1. The summed E-state index contributed by atoms with van der Waals surface area (Å²) in [6, 6.07) is 16.9. The Morgan fingerprint density at radius 2 is 1.81 bits per heavy atom. The fraction of sp³-hybridized carbons (Fsp3) is 0.516. The number of benzene rings is 2. The molecule has 0 unspecified atom stereocenters. The molecule has 0 saturated carbocycles. The van der Waals surface area contributed by atoms with E-state index in [0.717, 1.165) is 23.9 Å². The summed E-state index contributed by atoms with van der Waals surface area (Å²) in [5.74, 6) is 0.0838. The van der Waals surface area contributed by atoms with Gasteiger partial charge in [-0.2, -0.15) is 0 Å². The number of H-pyrrole nitrogens is 1. The monoisotopic (exact) mass is 507 g/mol. The molecule has 3 aromatic rings. The van der Waals surface area contributed by atoms with E-state index in [1.54, 1.807) is 7.11 Å². The lowest BCUT2D eigenvalue weighted by Crippen LogP contribution is -2.43. The van der Waals surface area contributed by atoms with Crippen molar-refractivity contribution in [3.05, 3.63) is 71.4 Å². The number of aliphatic hydroxyl groups excluding tert-OH is 1. The number of para-hydroxylation sites is 1. The minimum atomic E-state index is -0.444. The number of methoxy groups -OCH3 is 1. The van der Waals surface area contributed by atoms with Crippen LogP contribution in [-0.4, -0.2) is 71.8 Å². The fourth-order valence-corrected chi connectivity index (χ4v) is 4.60. The maximum Gasteiger partial charge on any atom is 0.237 e. The van der Waals surface area contributed by atoms with Crippen molar-refractivity contribution >= 4 is 16.8 Å². The average Bonchev–Trinajstić information content (AvgIpc) is 3.29. The van der Waals surface area contributed by atoms with Crippen LogP contribution in [0.15, 0.2) is 54.7 Å². The van der Waals surface area contributed by atoms with Crippen molar-refractivity contribution in [2.24, 2.45) is 0 Å². The Bertz CT molecular complexity index is 1100. The highest BCUT2D eigenvalue weighted by Gasteiger charge is 2.21. The summed E-state index contributed by atoms with van der Waals surface area (Å²) in [5, 5.41) is 11.5. The molecular formula is C31H45N3O3. The third kappa shape index (κ3) is 8.70. The SMILES string of the molecule is CC[C@H](O)CN(CCCOC)CC(=O)N(CCc1c[nH]c2ccccc12)Cc1ccc(C(C)(C)C)cc1. The number of fused-ring (bicyclic) bond motifs is 1. The van der Waals surface area contributed by atoms with Gasteiger partial charge in [0.1, 0.15) is 0 Å². The minimum Gasteiger partial charge on any atom is -0.392 e. The van der Waals surface area contributed by atoms with Crippen molar-refractivity contribution in [2.75, 3.05) is 39.9 Å². The van der Waals surface area contributed by atoms with Crippen molar-refractivity contribution in [3.63, 3.8) is 0 Å². The Labute approximate surface area is 222 Å². The highest BCUT2D eigenvalue weighted by atomic mass is 16.5. The minimum absolute atomic E-state index is 0.0838. The van der Waals surface area contributed by atoms with Crippen molar-refractivity contribution in [2.45, 2.75) is 65.0 Å². The van der Waals surface area contributed by atoms with Crippen LogP contribution in [0.5, 0.6) is 0 Å². The van der Waals surface area contributed by atoms with Crippen LogP contribution in [0.4, 0.5) is 0 Å². The molecule has 1 atom stereocenters. The molecule has 2 N–H and O–H groups in total. The van der Waals surface area contributed by atoms with Gasteiger partial charge in [-0.15, -0.1) is 0 Å².